The van der Waals surface area contributed by atoms with Gasteiger partial charge in [-0.15, -0.1) is 0 Å². The fourth-order valence-corrected chi connectivity index (χ4v) is 15.8. The third-order valence-corrected chi connectivity index (χ3v) is 19.4. The number of allylic oxidation sites excluding steroid dienone is 4. The number of para-hydroxylation sites is 5. The van der Waals surface area contributed by atoms with E-state index in [1.807, 2.05) is 60.7 Å². The Kier molecular flexibility index (Phi) is 10.2. The topological polar surface area (TPSA) is 93.5 Å². The lowest BCUT2D eigenvalue weighted by Gasteiger charge is -2.53. The molecule has 3 aliphatic carbocycles. The van der Waals surface area contributed by atoms with Gasteiger partial charge in [0.1, 0.15) is 22.3 Å². The minimum absolute atomic E-state index is 0.0332. The Bertz CT molecular complexity index is 5640. The maximum atomic E-state index is 10.3. The zero-order valence-corrected chi connectivity index (χ0v) is 47.5. The largest absolute Gasteiger partial charge is 0.455 e. The molecule has 0 saturated heterocycles. The highest BCUT2D eigenvalue weighted by Crippen LogP contribution is 2.70. The first kappa shape index (κ1) is 49.1. The predicted octanol–water partition coefficient (Wildman–Crippen LogP) is 21.5. The van der Waals surface area contributed by atoms with Crippen molar-refractivity contribution in [2.24, 2.45) is 5.92 Å². The van der Waals surface area contributed by atoms with Gasteiger partial charge in [-0.3, -0.25) is 0 Å². The third kappa shape index (κ3) is 6.63. The molecule has 0 saturated carbocycles. The monoisotopic (exact) mass is 1110 g/mol. The van der Waals surface area contributed by atoms with Gasteiger partial charge >= 0.3 is 0 Å². The number of nitriles is 2. The molecule has 0 radical (unpaired) electrons. The van der Waals surface area contributed by atoms with Crippen LogP contribution in [-0.4, -0.2) is 0 Å². The van der Waals surface area contributed by atoms with Crippen LogP contribution in [0.25, 0.3) is 98.5 Å². The molecule has 18 rings (SSSR count). The highest BCUT2D eigenvalue weighted by molar-refractivity contribution is 6.26. The number of hydrogen-bond donors (Lipinski definition) is 0. The molecule has 7 heteroatoms. The molecular weight excluding hydrogens is 1060 g/mol. The summed E-state index contributed by atoms with van der Waals surface area (Å²) < 4.78 is 21.4. The van der Waals surface area contributed by atoms with Crippen LogP contribution in [0.1, 0.15) is 53.6 Å². The summed E-state index contributed by atoms with van der Waals surface area (Å²) in [4.78, 5) is 4.64. The lowest BCUT2D eigenvalue weighted by molar-refractivity contribution is 0.350. The second kappa shape index (κ2) is 18.1. The molecule has 0 fully saturated rings. The minimum Gasteiger partial charge on any atom is -0.455 e. The van der Waals surface area contributed by atoms with Crippen LogP contribution in [0.2, 0.25) is 0 Å². The quantitative estimate of drug-likeness (QED) is 0.153. The average molecular weight is 1120 g/mol. The van der Waals surface area contributed by atoms with Gasteiger partial charge in [-0.25, -0.2) is 0 Å². The second-order valence-corrected chi connectivity index (χ2v) is 24.0. The molecule has 0 amide bonds. The highest BCUT2D eigenvalue weighted by Gasteiger charge is 2.59. The maximum absolute atomic E-state index is 10.3. The van der Waals surface area contributed by atoms with Crippen LogP contribution in [0.5, 0.6) is 0 Å². The average Bonchev–Trinajstić information content (AvgIpc) is 1.53. The van der Waals surface area contributed by atoms with E-state index < -0.39 is 5.41 Å². The summed E-state index contributed by atoms with van der Waals surface area (Å²) in [6, 6.07) is 86.0. The first-order valence-electron chi connectivity index (χ1n) is 29.7. The Hall–Kier alpha value is -11.4. The smallest absolute Gasteiger partial charge is 0.159 e. The van der Waals surface area contributed by atoms with E-state index in [-0.39, 0.29) is 11.3 Å². The van der Waals surface area contributed by atoms with Crippen molar-refractivity contribution >= 4 is 121 Å². The molecule has 0 bridgehead atoms. The van der Waals surface area contributed by atoms with Crippen LogP contribution in [0, 0.1) is 28.6 Å². The van der Waals surface area contributed by atoms with Crippen molar-refractivity contribution < 1.29 is 13.3 Å². The van der Waals surface area contributed by atoms with Crippen molar-refractivity contribution in [1.29, 1.82) is 10.5 Å². The van der Waals surface area contributed by atoms with Crippen LogP contribution in [0.15, 0.2) is 268 Å². The van der Waals surface area contributed by atoms with E-state index in [1.165, 1.54) is 33.4 Å². The molecule has 87 heavy (non-hydrogen) atoms. The van der Waals surface area contributed by atoms with E-state index in [0.29, 0.717) is 11.1 Å². The molecule has 15 aromatic rings. The van der Waals surface area contributed by atoms with Crippen molar-refractivity contribution in [2.45, 2.75) is 31.1 Å². The zero-order valence-electron chi connectivity index (χ0n) is 47.5. The lowest BCUT2D eigenvalue weighted by atomic mass is 9.49. The van der Waals surface area contributed by atoms with Crippen molar-refractivity contribution in [1.82, 2.24) is 0 Å². The predicted molar refractivity (Wildman–Crippen MR) is 352 cm³/mol. The normalized spacial score (nSPS) is 16.4. The molecule has 2 unspecified atom stereocenters. The number of benzene rings is 12. The summed E-state index contributed by atoms with van der Waals surface area (Å²) in [5, 5.41) is 30.9. The Morgan fingerprint density at radius 2 is 0.931 bits per heavy atom. The fraction of sp³-hybridized carbons (Fsp3) is 0.0750. The fourth-order valence-electron chi connectivity index (χ4n) is 15.8. The van der Waals surface area contributed by atoms with E-state index in [2.05, 4.69) is 224 Å². The molecule has 1 spiro atoms. The molecule has 7 nitrogen and oxygen atoms in total. The number of nitrogens with zero attached hydrogens (tertiary/aromatic N) is 4. The Balaban J connectivity index is 1.00. The van der Waals surface area contributed by atoms with E-state index in [4.69, 9.17) is 13.3 Å². The van der Waals surface area contributed by atoms with Crippen LogP contribution in [-0.2, 0) is 10.8 Å². The molecule has 2 atom stereocenters. The van der Waals surface area contributed by atoms with Gasteiger partial charge in [0.25, 0.3) is 0 Å². The van der Waals surface area contributed by atoms with E-state index in [9.17, 15) is 10.5 Å². The molecule has 0 N–H and O–H groups in total. The number of fused-ring (bicyclic) bond motifs is 24. The maximum Gasteiger partial charge on any atom is 0.159 e. The summed E-state index contributed by atoms with van der Waals surface area (Å²) in [6.07, 6.45) is 7.85. The summed E-state index contributed by atoms with van der Waals surface area (Å²) in [5.41, 5.74) is 18.8. The Morgan fingerprint density at radius 3 is 1.57 bits per heavy atom. The lowest BCUT2D eigenvalue weighted by Crippen LogP contribution is -2.48. The minimum atomic E-state index is -0.798. The number of hydrogen-bond acceptors (Lipinski definition) is 7. The van der Waals surface area contributed by atoms with Gasteiger partial charge in [0.15, 0.2) is 11.2 Å². The van der Waals surface area contributed by atoms with Crippen molar-refractivity contribution in [3.8, 4) is 23.3 Å². The van der Waals surface area contributed by atoms with Crippen molar-refractivity contribution in [2.75, 3.05) is 9.80 Å². The highest BCUT2D eigenvalue weighted by atomic mass is 16.3. The summed E-state index contributed by atoms with van der Waals surface area (Å²) >= 11 is 0. The first-order chi connectivity index (χ1) is 42.8. The number of rotatable bonds is 6. The van der Waals surface area contributed by atoms with Crippen molar-refractivity contribution in [3.05, 3.63) is 288 Å². The molecule has 12 aromatic carbocycles. The van der Waals surface area contributed by atoms with E-state index in [1.54, 1.807) is 0 Å². The van der Waals surface area contributed by atoms with Gasteiger partial charge in [-0.2, -0.15) is 10.5 Å². The van der Waals surface area contributed by atoms with Crippen LogP contribution in [0.3, 0.4) is 0 Å². The number of anilines is 6. The van der Waals surface area contributed by atoms with Gasteiger partial charge in [0, 0.05) is 60.9 Å². The zero-order chi connectivity index (χ0) is 57.9. The van der Waals surface area contributed by atoms with Crippen LogP contribution < -0.4 is 9.80 Å². The molecule has 3 aromatic heterocycles. The standard InChI is InChI=1S/C80H50N4O3/c1-79(2)61-24-8-10-26-63(61)80(64-27-11-9-25-62(64)79)65-44-68(84(50-39-35-48(46-82)36-40-50)67-29-16-23-58-54-19-6-13-31-70(54)86-77(58)67)72-59-21-7-14-32-71(59)87-78(72)74(65)73-55-20-4-3-17-52(55)60-43-51(41-42-56(60)75(73)80)83(49-37-33-47(45-81)34-38-49)66-28-15-22-57-53-18-5-12-30-69(53)85-76(57)66/h3-26,28-44,64H,27H2,1-2H3. The molecule has 3 heterocycles. The molecule has 0 aliphatic heterocycles. The van der Waals surface area contributed by atoms with Crippen molar-refractivity contribution in [3.63, 3.8) is 0 Å². The summed E-state index contributed by atoms with van der Waals surface area (Å²) in [5.74, 6) is -0.0332. The SMILES string of the molecule is CC1(C)C2=CC=CCC2C2(c3ccccc31)c1cc(N(c3ccc(C#N)cc3)c3cccc4c3oc3ccccc34)c3c(oc4ccccc43)c1-c1c2c2ccc(N(c3ccc(C#N)cc3)c3cccc4c3oc3ccccc34)cc2c2ccccc12. The van der Waals surface area contributed by atoms with Gasteiger partial charge in [-0.1, -0.05) is 171 Å². The van der Waals surface area contributed by atoms with Gasteiger partial charge in [-0.05, 0) is 153 Å². The van der Waals surface area contributed by atoms with Gasteiger partial charge in [0.2, 0.25) is 0 Å². The second-order valence-electron chi connectivity index (χ2n) is 24.0. The first-order valence-corrected chi connectivity index (χ1v) is 29.7. The Labute approximate surface area is 500 Å². The Morgan fingerprint density at radius 1 is 0.414 bits per heavy atom. The van der Waals surface area contributed by atoms with Crippen LogP contribution in [0.4, 0.5) is 34.1 Å². The van der Waals surface area contributed by atoms with Gasteiger partial charge < -0.3 is 23.1 Å². The third-order valence-electron chi connectivity index (χ3n) is 19.4. The van der Waals surface area contributed by atoms with Gasteiger partial charge in [0.05, 0.1) is 51.1 Å². The number of furan rings is 3. The molecule has 3 aliphatic rings. The summed E-state index contributed by atoms with van der Waals surface area (Å²) in [6.45, 7) is 4.82. The molecular formula is C80H50N4O3. The van der Waals surface area contributed by atoms with Crippen LogP contribution >= 0.6 is 0 Å². The molecule has 408 valence electrons. The van der Waals surface area contributed by atoms with E-state index >= 15 is 0 Å². The summed E-state index contributed by atoms with van der Waals surface area (Å²) in [7, 11) is 0. The van der Waals surface area contributed by atoms with E-state index in [0.717, 1.165) is 133 Å².